The van der Waals surface area contributed by atoms with Gasteiger partial charge in [0.2, 0.25) is 5.88 Å². The minimum absolute atomic E-state index is 0.0901. The number of nitro benzene ring substituents is 1. The zero-order chi connectivity index (χ0) is 17.3. The Kier molecular flexibility index (Phi) is 3.78. The number of nitrogens with one attached hydrogen (secondary N) is 1. The van der Waals surface area contributed by atoms with Gasteiger partial charge in [-0.1, -0.05) is 24.3 Å². The summed E-state index contributed by atoms with van der Waals surface area (Å²) in [5.41, 5.74) is 0.942. The standard InChI is InChI=1S/C16H12N4O4/c1-9-10(6-4-8-13(9)20(23)24)15(21)19-18-14-11-5-2-3-7-12(11)17-16(14)22/h2-8,17,22H,1H3. The predicted octanol–water partition coefficient (Wildman–Crippen LogP) is 4.01. The van der Waals surface area contributed by atoms with Crippen LogP contribution in [0.1, 0.15) is 15.9 Å². The van der Waals surface area contributed by atoms with Gasteiger partial charge < -0.3 is 10.1 Å². The highest BCUT2D eigenvalue weighted by Crippen LogP contribution is 2.35. The number of amides is 1. The first-order chi connectivity index (χ1) is 11.5. The third kappa shape index (κ3) is 2.60. The topological polar surface area (TPSA) is 121 Å². The maximum absolute atomic E-state index is 12.2. The van der Waals surface area contributed by atoms with E-state index in [2.05, 4.69) is 15.2 Å². The van der Waals surface area contributed by atoms with Gasteiger partial charge in [-0.3, -0.25) is 14.9 Å². The van der Waals surface area contributed by atoms with Crippen LogP contribution in [0.15, 0.2) is 52.7 Å². The molecule has 0 fully saturated rings. The van der Waals surface area contributed by atoms with E-state index in [1.54, 1.807) is 24.3 Å². The van der Waals surface area contributed by atoms with Crippen molar-refractivity contribution in [3.05, 3.63) is 63.7 Å². The summed E-state index contributed by atoms with van der Waals surface area (Å²) in [4.78, 5) is 25.3. The molecule has 0 aliphatic carbocycles. The van der Waals surface area contributed by atoms with Gasteiger partial charge in [0.15, 0.2) is 5.69 Å². The molecule has 0 spiro atoms. The molecule has 1 aromatic heterocycles. The fourth-order valence-corrected chi connectivity index (χ4v) is 2.42. The Hall–Kier alpha value is -3.55. The number of aromatic hydroxyl groups is 1. The van der Waals surface area contributed by atoms with Gasteiger partial charge in [-0.2, -0.15) is 0 Å². The average molecular weight is 324 g/mol. The lowest BCUT2D eigenvalue weighted by Gasteiger charge is -2.01. The van der Waals surface area contributed by atoms with Crippen LogP contribution in [0, 0.1) is 17.0 Å². The molecule has 8 nitrogen and oxygen atoms in total. The van der Waals surface area contributed by atoms with E-state index in [4.69, 9.17) is 0 Å². The number of nitrogens with zero attached hydrogens (tertiary/aromatic N) is 3. The van der Waals surface area contributed by atoms with Crippen LogP contribution in [0.25, 0.3) is 10.9 Å². The van der Waals surface area contributed by atoms with E-state index in [1.807, 2.05) is 0 Å². The number of nitro groups is 1. The van der Waals surface area contributed by atoms with Crippen molar-refractivity contribution in [2.45, 2.75) is 6.92 Å². The molecule has 0 radical (unpaired) electrons. The van der Waals surface area contributed by atoms with Crippen molar-refractivity contribution in [2.24, 2.45) is 10.2 Å². The molecular formula is C16H12N4O4. The summed E-state index contributed by atoms with van der Waals surface area (Å²) in [6.07, 6.45) is 0. The minimum atomic E-state index is -0.721. The molecule has 0 saturated heterocycles. The minimum Gasteiger partial charge on any atom is -0.493 e. The number of para-hydroxylation sites is 1. The van der Waals surface area contributed by atoms with Crippen molar-refractivity contribution < 1.29 is 14.8 Å². The number of rotatable bonds is 3. The van der Waals surface area contributed by atoms with Gasteiger partial charge in [-0.05, 0) is 19.1 Å². The van der Waals surface area contributed by atoms with Gasteiger partial charge in [-0.25, -0.2) is 0 Å². The van der Waals surface area contributed by atoms with Crippen molar-refractivity contribution in [3.63, 3.8) is 0 Å². The normalized spacial score (nSPS) is 11.2. The van der Waals surface area contributed by atoms with Crippen LogP contribution in [0.2, 0.25) is 0 Å². The molecule has 0 aliphatic heterocycles. The monoisotopic (exact) mass is 324 g/mol. The first-order valence-electron chi connectivity index (χ1n) is 6.99. The molecule has 0 saturated carbocycles. The van der Waals surface area contributed by atoms with Crippen LogP contribution in [0.3, 0.4) is 0 Å². The predicted molar refractivity (Wildman–Crippen MR) is 86.6 cm³/mol. The number of carbonyl (C=O) groups excluding carboxylic acids is 1. The van der Waals surface area contributed by atoms with Crippen LogP contribution in [0.5, 0.6) is 5.88 Å². The number of benzene rings is 2. The second-order valence-electron chi connectivity index (χ2n) is 5.08. The van der Waals surface area contributed by atoms with Crippen LogP contribution in [0.4, 0.5) is 11.4 Å². The van der Waals surface area contributed by atoms with Gasteiger partial charge in [0.05, 0.1) is 16.0 Å². The Labute approximate surface area is 135 Å². The lowest BCUT2D eigenvalue weighted by atomic mass is 10.1. The number of aromatic nitrogens is 1. The van der Waals surface area contributed by atoms with E-state index in [0.29, 0.717) is 10.9 Å². The van der Waals surface area contributed by atoms with Crippen molar-refractivity contribution in [3.8, 4) is 5.88 Å². The Morgan fingerprint density at radius 3 is 2.71 bits per heavy atom. The van der Waals surface area contributed by atoms with Crippen LogP contribution in [-0.4, -0.2) is 20.9 Å². The third-order valence-corrected chi connectivity index (χ3v) is 3.63. The van der Waals surface area contributed by atoms with Gasteiger partial charge in [0, 0.05) is 17.0 Å². The van der Waals surface area contributed by atoms with Crippen molar-refractivity contribution in [1.82, 2.24) is 4.98 Å². The van der Waals surface area contributed by atoms with Gasteiger partial charge >= 0.3 is 0 Å². The Balaban J connectivity index is 1.98. The molecule has 3 rings (SSSR count). The molecule has 2 N–H and O–H groups in total. The Bertz CT molecular complexity index is 991. The highest BCUT2D eigenvalue weighted by molar-refractivity contribution is 5.98. The van der Waals surface area contributed by atoms with Crippen molar-refractivity contribution >= 4 is 28.2 Å². The largest absolute Gasteiger partial charge is 0.493 e. The van der Waals surface area contributed by atoms with Gasteiger partial charge in [0.25, 0.3) is 11.6 Å². The van der Waals surface area contributed by atoms with Crippen molar-refractivity contribution in [2.75, 3.05) is 0 Å². The van der Waals surface area contributed by atoms with Crippen molar-refractivity contribution in [1.29, 1.82) is 0 Å². The molecule has 0 bridgehead atoms. The number of aromatic amines is 1. The second kappa shape index (κ2) is 5.92. The summed E-state index contributed by atoms with van der Waals surface area (Å²) < 4.78 is 0. The second-order valence-corrected chi connectivity index (χ2v) is 5.08. The Morgan fingerprint density at radius 1 is 1.21 bits per heavy atom. The highest BCUT2D eigenvalue weighted by atomic mass is 16.6. The maximum Gasteiger partial charge on any atom is 0.295 e. The SMILES string of the molecule is Cc1c(C(=O)N=Nc2c(O)[nH]c3ccccc23)cccc1[N+](=O)[O-]. The van der Waals surface area contributed by atoms with Gasteiger partial charge in [-0.15, -0.1) is 10.2 Å². The smallest absolute Gasteiger partial charge is 0.295 e. The summed E-state index contributed by atoms with van der Waals surface area (Å²) in [6.45, 7) is 1.48. The first-order valence-corrected chi connectivity index (χ1v) is 6.99. The fraction of sp³-hybridized carbons (Fsp3) is 0.0625. The van der Waals surface area contributed by atoms with E-state index in [-0.39, 0.29) is 28.4 Å². The molecule has 0 unspecified atom stereocenters. The molecule has 8 heteroatoms. The van der Waals surface area contributed by atoms with Crippen LogP contribution in [-0.2, 0) is 0 Å². The molecule has 3 aromatic rings. The maximum atomic E-state index is 12.2. The summed E-state index contributed by atoms with van der Waals surface area (Å²) in [5.74, 6) is -0.926. The van der Waals surface area contributed by atoms with Crippen LogP contribution >= 0.6 is 0 Å². The zero-order valence-corrected chi connectivity index (χ0v) is 12.6. The zero-order valence-electron chi connectivity index (χ0n) is 12.6. The molecule has 1 heterocycles. The molecule has 24 heavy (non-hydrogen) atoms. The number of H-pyrrole nitrogens is 1. The molecule has 1 amide bonds. The van der Waals surface area contributed by atoms with E-state index < -0.39 is 10.8 Å². The number of fused-ring (bicyclic) bond motifs is 1. The molecule has 120 valence electrons. The summed E-state index contributed by atoms with van der Waals surface area (Å²) in [7, 11) is 0. The average Bonchev–Trinajstić information content (AvgIpc) is 2.87. The number of carbonyl (C=O) groups is 1. The van der Waals surface area contributed by atoms with E-state index >= 15 is 0 Å². The first kappa shape index (κ1) is 15.3. The lowest BCUT2D eigenvalue weighted by molar-refractivity contribution is -0.385. The van der Waals surface area contributed by atoms with E-state index in [0.717, 1.165) is 0 Å². The van der Waals surface area contributed by atoms with Crippen LogP contribution < -0.4 is 0 Å². The molecule has 0 aliphatic rings. The molecule has 0 atom stereocenters. The van der Waals surface area contributed by atoms with Gasteiger partial charge in [0.1, 0.15) is 0 Å². The van der Waals surface area contributed by atoms with E-state index in [9.17, 15) is 20.0 Å². The lowest BCUT2D eigenvalue weighted by Crippen LogP contribution is -2.01. The third-order valence-electron chi connectivity index (χ3n) is 3.63. The molecule has 2 aromatic carbocycles. The van der Waals surface area contributed by atoms with E-state index in [1.165, 1.54) is 25.1 Å². The Morgan fingerprint density at radius 2 is 1.96 bits per heavy atom. The molecular weight excluding hydrogens is 312 g/mol. The highest BCUT2D eigenvalue weighted by Gasteiger charge is 2.18. The number of hydrogen-bond acceptors (Lipinski definition) is 5. The fourth-order valence-electron chi connectivity index (χ4n) is 2.42. The summed E-state index contributed by atoms with van der Waals surface area (Å²) >= 11 is 0. The summed E-state index contributed by atoms with van der Waals surface area (Å²) in [6, 6.07) is 11.2. The number of hydrogen-bond donors (Lipinski definition) is 2. The summed E-state index contributed by atoms with van der Waals surface area (Å²) in [5, 5.41) is 28.8. The number of azo groups is 1. The quantitative estimate of drug-likeness (QED) is 0.429.